The van der Waals surface area contributed by atoms with Gasteiger partial charge in [-0.2, -0.15) is 0 Å². The summed E-state index contributed by atoms with van der Waals surface area (Å²) in [5.74, 6) is -1.29. The van der Waals surface area contributed by atoms with E-state index >= 15 is 0 Å². The molecular weight excluding hydrogens is 162 g/mol. The van der Waals surface area contributed by atoms with Gasteiger partial charge >= 0.3 is 11.9 Å². The Morgan fingerprint density at radius 2 is 2.17 bits per heavy atom. The molecular formula is C7H13NO4. The van der Waals surface area contributed by atoms with Crippen LogP contribution in [0.5, 0.6) is 0 Å². The Balaban J connectivity index is 3.50. The van der Waals surface area contributed by atoms with Gasteiger partial charge < -0.3 is 15.2 Å². The number of esters is 1. The van der Waals surface area contributed by atoms with Crippen LogP contribution in [0.15, 0.2) is 0 Å². The first-order valence-corrected chi connectivity index (χ1v) is 3.58. The van der Waals surface area contributed by atoms with Crippen molar-refractivity contribution < 1.29 is 19.4 Å². The molecule has 0 aromatic rings. The van der Waals surface area contributed by atoms with Gasteiger partial charge in [0.05, 0.1) is 20.1 Å². The Hall–Kier alpha value is -1.10. The summed E-state index contributed by atoms with van der Waals surface area (Å²) in [6, 6.07) is -0.221. The summed E-state index contributed by atoms with van der Waals surface area (Å²) in [6.07, 6.45) is -0.00298. The minimum absolute atomic E-state index is 0.00298. The molecule has 0 aliphatic heterocycles. The molecule has 0 amide bonds. The molecule has 0 bridgehead atoms. The van der Waals surface area contributed by atoms with E-state index in [9.17, 15) is 9.59 Å². The molecule has 0 aliphatic carbocycles. The van der Waals surface area contributed by atoms with Crippen LogP contribution in [0.3, 0.4) is 0 Å². The van der Waals surface area contributed by atoms with E-state index in [4.69, 9.17) is 5.11 Å². The first kappa shape index (κ1) is 10.9. The third-order valence-electron chi connectivity index (χ3n) is 1.30. The molecule has 2 N–H and O–H groups in total. The van der Waals surface area contributed by atoms with E-state index in [1.54, 1.807) is 6.92 Å². The SMILES string of the molecule is COC(=O)CNC(C)CC(=O)O. The lowest BCUT2D eigenvalue weighted by molar-refractivity contribution is -0.141. The van der Waals surface area contributed by atoms with Crippen LogP contribution in [0, 0.1) is 0 Å². The quantitative estimate of drug-likeness (QED) is 0.557. The molecule has 1 atom stereocenters. The summed E-state index contributed by atoms with van der Waals surface area (Å²) >= 11 is 0. The van der Waals surface area contributed by atoms with Crippen LogP contribution < -0.4 is 5.32 Å². The highest BCUT2D eigenvalue weighted by atomic mass is 16.5. The Morgan fingerprint density at radius 3 is 2.58 bits per heavy atom. The van der Waals surface area contributed by atoms with Crippen molar-refractivity contribution in [1.82, 2.24) is 5.32 Å². The topological polar surface area (TPSA) is 75.6 Å². The van der Waals surface area contributed by atoms with Crippen LogP contribution in [-0.2, 0) is 14.3 Å². The van der Waals surface area contributed by atoms with Crippen molar-refractivity contribution in [3.63, 3.8) is 0 Å². The second-order valence-corrected chi connectivity index (χ2v) is 2.46. The number of methoxy groups -OCH3 is 1. The standard InChI is InChI=1S/C7H13NO4/c1-5(3-6(9)10)8-4-7(11)12-2/h5,8H,3-4H2,1-2H3,(H,9,10). The third-order valence-corrected chi connectivity index (χ3v) is 1.30. The van der Waals surface area contributed by atoms with E-state index in [1.807, 2.05) is 0 Å². The molecule has 0 saturated carbocycles. The van der Waals surface area contributed by atoms with Crippen LogP contribution in [0.1, 0.15) is 13.3 Å². The lowest BCUT2D eigenvalue weighted by atomic mass is 10.2. The zero-order chi connectivity index (χ0) is 9.56. The highest BCUT2D eigenvalue weighted by Gasteiger charge is 2.08. The molecule has 0 aliphatic rings. The summed E-state index contributed by atoms with van der Waals surface area (Å²) in [5.41, 5.74) is 0. The summed E-state index contributed by atoms with van der Waals surface area (Å²) in [7, 11) is 1.28. The van der Waals surface area contributed by atoms with Crippen LogP contribution >= 0.6 is 0 Å². The maximum atomic E-state index is 10.6. The summed E-state index contributed by atoms with van der Waals surface area (Å²) < 4.78 is 4.36. The first-order valence-electron chi connectivity index (χ1n) is 3.58. The van der Waals surface area contributed by atoms with E-state index in [1.165, 1.54) is 7.11 Å². The van der Waals surface area contributed by atoms with Gasteiger partial charge in [-0.15, -0.1) is 0 Å². The number of carbonyl (C=O) groups excluding carboxylic acids is 1. The molecule has 0 spiro atoms. The number of ether oxygens (including phenoxy) is 1. The van der Waals surface area contributed by atoms with Gasteiger partial charge in [0.2, 0.25) is 0 Å². The van der Waals surface area contributed by atoms with Crippen LogP contribution in [0.2, 0.25) is 0 Å². The van der Waals surface area contributed by atoms with Crippen molar-refractivity contribution in [2.75, 3.05) is 13.7 Å². The smallest absolute Gasteiger partial charge is 0.319 e. The zero-order valence-corrected chi connectivity index (χ0v) is 7.16. The number of aliphatic carboxylic acids is 1. The second kappa shape index (κ2) is 5.54. The maximum Gasteiger partial charge on any atom is 0.319 e. The Bertz CT molecular complexity index is 169. The van der Waals surface area contributed by atoms with Crippen molar-refractivity contribution in [1.29, 1.82) is 0 Å². The number of carboxylic acids is 1. The zero-order valence-electron chi connectivity index (χ0n) is 7.16. The van der Waals surface area contributed by atoms with E-state index in [0.717, 1.165) is 0 Å². The number of carbonyl (C=O) groups is 2. The van der Waals surface area contributed by atoms with Gasteiger partial charge in [-0.3, -0.25) is 9.59 Å². The molecule has 1 unspecified atom stereocenters. The van der Waals surface area contributed by atoms with Gasteiger partial charge in [0, 0.05) is 6.04 Å². The second-order valence-electron chi connectivity index (χ2n) is 2.46. The Morgan fingerprint density at radius 1 is 1.58 bits per heavy atom. The molecule has 0 rings (SSSR count). The molecule has 5 nitrogen and oxygen atoms in total. The van der Waals surface area contributed by atoms with Gasteiger partial charge in [0.15, 0.2) is 0 Å². The van der Waals surface area contributed by atoms with Gasteiger partial charge in [0.25, 0.3) is 0 Å². The van der Waals surface area contributed by atoms with Crippen molar-refractivity contribution >= 4 is 11.9 Å². The first-order chi connectivity index (χ1) is 5.56. The average molecular weight is 175 g/mol. The molecule has 0 heterocycles. The number of rotatable bonds is 5. The number of nitrogens with one attached hydrogen (secondary N) is 1. The third kappa shape index (κ3) is 5.67. The van der Waals surface area contributed by atoms with Gasteiger partial charge in [0.1, 0.15) is 0 Å². The van der Waals surface area contributed by atoms with Crippen molar-refractivity contribution in [3.05, 3.63) is 0 Å². The molecule has 0 fully saturated rings. The highest BCUT2D eigenvalue weighted by molar-refractivity contribution is 5.71. The Kier molecular flexibility index (Phi) is 5.03. The summed E-state index contributed by atoms with van der Waals surface area (Å²) in [6.45, 7) is 1.74. The van der Waals surface area contributed by atoms with E-state index in [-0.39, 0.29) is 19.0 Å². The van der Waals surface area contributed by atoms with Crippen molar-refractivity contribution in [3.8, 4) is 0 Å². The van der Waals surface area contributed by atoms with Crippen LogP contribution in [0.4, 0.5) is 0 Å². The maximum absolute atomic E-state index is 10.6. The van der Waals surface area contributed by atoms with E-state index < -0.39 is 11.9 Å². The number of hydrogen-bond donors (Lipinski definition) is 2. The lowest BCUT2D eigenvalue weighted by Gasteiger charge is -2.09. The molecule has 12 heavy (non-hydrogen) atoms. The average Bonchev–Trinajstić information content (AvgIpc) is 1.99. The lowest BCUT2D eigenvalue weighted by Crippen LogP contribution is -2.33. The largest absolute Gasteiger partial charge is 0.481 e. The fourth-order valence-corrected chi connectivity index (χ4v) is 0.664. The predicted molar refractivity (Wildman–Crippen MR) is 41.7 cm³/mol. The van der Waals surface area contributed by atoms with E-state index in [0.29, 0.717) is 0 Å². The fraction of sp³-hybridized carbons (Fsp3) is 0.714. The highest BCUT2D eigenvalue weighted by Crippen LogP contribution is 1.89. The molecule has 0 radical (unpaired) electrons. The van der Waals surface area contributed by atoms with Crippen LogP contribution in [-0.4, -0.2) is 36.7 Å². The monoisotopic (exact) mass is 175 g/mol. The number of carboxylic acid groups (broad SMARTS) is 1. The van der Waals surface area contributed by atoms with Crippen molar-refractivity contribution in [2.45, 2.75) is 19.4 Å². The van der Waals surface area contributed by atoms with Gasteiger partial charge in [-0.05, 0) is 6.92 Å². The molecule has 70 valence electrons. The summed E-state index contributed by atoms with van der Waals surface area (Å²) in [5, 5.41) is 11.1. The fourth-order valence-electron chi connectivity index (χ4n) is 0.664. The molecule has 5 heteroatoms. The van der Waals surface area contributed by atoms with Gasteiger partial charge in [-0.1, -0.05) is 0 Å². The van der Waals surface area contributed by atoms with E-state index in [2.05, 4.69) is 10.1 Å². The minimum Gasteiger partial charge on any atom is -0.481 e. The van der Waals surface area contributed by atoms with Crippen molar-refractivity contribution in [2.24, 2.45) is 0 Å². The molecule has 0 saturated heterocycles. The minimum atomic E-state index is -0.889. The normalized spacial score (nSPS) is 12.2. The Labute approximate surface area is 70.7 Å². The van der Waals surface area contributed by atoms with Gasteiger partial charge in [-0.25, -0.2) is 0 Å². The number of hydrogen-bond acceptors (Lipinski definition) is 4. The molecule has 0 aromatic heterocycles. The summed E-state index contributed by atoms with van der Waals surface area (Å²) in [4.78, 5) is 20.7. The van der Waals surface area contributed by atoms with Crippen LogP contribution in [0.25, 0.3) is 0 Å². The predicted octanol–water partition coefficient (Wildman–Crippen LogP) is -0.388. The molecule has 0 aromatic carbocycles.